The third-order valence-electron chi connectivity index (χ3n) is 3.85. The summed E-state index contributed by atoms with van der Waals surface area (Å²) in [5.41, 5.74) is 4.04. The van der Waals surface area contributed by atoms with Crippen molar-refractivity contribution >= 4 is 51.4 Å². The van der Waals surface area contributed by atoms with Crippen LogP contribution in [-0.2, 0) is 10.5 Å². The summed E-state index contributed by atoms with van der Waals surface area (Å²) in [5.74, 6) is 0.662. The van der Waals surface area contributed by atoms with Crippen molar-refractivity contribution in [2.75, 3.05) is 4.90 Å². The summed E-state index contributed by atoms with van der Waals surface area (Å²) in [4.78, 5) is 19.7. The number of aryl methyl sites for hydroxylation is 2. The minimum absolute atomic E-state index is 0.0448. The van der Waals surface area contributed by atoms with Crippen molar-refractivity contribution in [3.8, 4) is 0 Å². The highest BCUT2D eigenvalue weighted by molar-refractivity contribution is 7.98. The number of anilines is 2. The number of thiazole rings is 1. The summed E-state index contributed by atoms with van der Waals surface area (Å²) in [7, 11) is 0. The van der Waals surface area contributed by atoms with Crippen LogP contribution >= 0.6 is 34.7 Å². The van der Waals surface area contributed by atoms with Crippen LogP contribution in [0, 0.1) is 13.8 Å². The number of amides is 1. The Morgan fingerprint density at radius 2 is 2.00 bits per heavy atom. The molecule has 1 heterocycles. The van der Waals surface area contributed by atoms with E-state index in [0.717, 1.165) is 26.9 Å². The van der Waals surface area contributed by atoms with Gasteiger partial charge in [0.2, 0.25) is 5.91 Å². The lowest BCUT2D eigenvalue weighted by atomic mass is 10.1. The van der Waals surface area contributed by atoms with Crippen LogP contribution in [0.4, 0.5) is 10.8 Å². The minimum Gasteiger partial charge on any atom is -0.274 e. The molecule has 0 radical (unpaired) electrons. The lowest BCUT2D eigenvalue weighted by Gasteiger charge is -2.20. The number of hydrogen-bond donors (Lipinski definition) is 0. The van der Waals surface area contributed by atoms with Crippen LogP contribution < -0.4 is 4.90 Å². The molecule has 0 atom stereocenters. The Morgan fingerprint density at radius 3 is 2.69 bits per heavy atom. The Labute approximate surface area is 167 Å². The number of rotatable bonds is 5. The molecule has 1 aromatic heterocycles. The third-order valence-corrected chi connectivity index (χ3v) is 6.27. The highest BCUT2D eigenvalue weighted by Gasteiger charge is 2.19. The molecule has 0 spiro atoms. The Hall–Kier alpha value is -1.82. The second kappa shape index (κ2) is 8.25. The van der Waals surface area contributed by atoms with Gasteiger partial charge in [0.05, 0.1) is 16.4 Å². The smallest absolute Gasteiger partial charge is 0.230 e. The average Bonchev–Trinajstić information content (AvgIpc) is 3.04. The number of hydrogen-bond acceptors (Lipinski definition) is 4. The molecule has 6 heteroatoms. The Bertz CT molecular complexity index is 939. The molecule has 0 unspecified atom stereocenters. The first kappa shape index (κ1) is 19.0. The zero-order valence-corrected chi connectivity index (χ0v) is 17.2. The van der Waals surface area contributed by atoms with Crippen molar-refractivity contribution in [3.63, 3.8) is 0 Å². The van der Waals surface area contributed by atoms with Gasteiger partial charge < -0.3 is 0 Å². The van der Waals surface area contributed by atoms with E-state index in [1.54, 1.807) is 23.6 Å². The summed E-state index contributed by atoms with van der Waals surface area (Å²) in [6.07, 6.45) is 0. The van der Waals surface area contributed by atoms with Crippen molar-refractivity contribution in [2.24, 2.45) is 0 Å². The predicted molar refractivity (Wildman–Crippen MR) is 112 cm³/mol. The zero-order valence-electron chi connectivity index (χ0n) is 14.8. The molecule has 0 aliphatic heterocycles. The molecule has 0 N–H and O–H groups in total. The first-order valence-electron chi connectivity index (χ1n) is 8.15. The molecule has 0 aliphatic carbocycles. The van der Waals surface area contributed by atoms with Gasteiger partial charge in [0.1, 0.15) is 0 Å². The van der Waals surface area contributed by atoms with Crippen LogP contribution in [0.15, 0.2) is 52.7 Å². The molecule has 134 valence electrons. The van der Waals surface area contributed by atoms with Crippen molar-refractivity contribution in [3.05, 3.63) is 69.7 Å². The summed E-state index contributed by atoms with van der Waals surface area (Å²) in [6.45, 7) is 5.63. The fourth-order valence-corrected chi connectivity index (χ4v) is 4.76. The predicted octanol–water partition coefficient (Wildman–Crippen LogP) is 6.39. The monoisotopic (exact) mass is 402 g/mol. The number of thioether (sulfide) groups is 1. The Kier molecular flexibility index (Phi) is 6.01. The van der Waals surface area contributed by atoms with Gasteiger partial charge in [0, 0.05) is 23.0 Å². The fourth-order valence-electron chi connectivity index (χ4n) is 2.64. The molecule has 0 saturated heterocycles. The fraction of sp³-hybridized carbons (Fsp3) is 0.200. The van der Waals surface area contributed by atoms with Gasteiger partial charge in [-0.1, -0.05) is 41.4 Å². The maximum Gasteiger partial charge on any atom is 0.230 e. The summed E-state index contributed by atoms with van der Waals surface area (Å²) in [6, 6.07) is 13.8. The van der Waals surface area contributed by atoms with Gasteiger partial charge in [-0.25, -0.2) is 4.98 Å². The van der Waals surface area contributed by atoms with E-state index < -0.39 is 0 Å². The highest BCUT2D eigenvalue weighted by Crippen LogP contribution is 2.34. The molecule has 0 aliphatic rings. The van der Waals surface area contributed by atoms with E-state index in [4.69, 9.17) is 11.6 Å². The standard InChI is InChI=1S/C20H19ClN2OS2/c1-13-8-9-18(14(2)10-13)23(15(3)24)20-22-16(12-26-20)11-25-19-7-5-4-6-17(19)21/h4-10,12H,11H2,1-3H3. The van der Waals surface area contributed by atoms with E-state index in [1.807, 2.05) is 55.6 Å². The van der Waals surface area contributed by atoms with Crippen LogP contribution in [-0.4, -0.2) is 10.9 Å². The molecule has 26 heavy (non-hydrogen) atoms. The Balaban J connectivity index is 1.82. The van der Waals surface area contributed by atoms with E-state index in [2.05, 4.69) is 11.1 Å². The summed E-state index contributed by atoms with van der Waals surface area (Å²) >= 11 is 9.33. The maximum absolute atomic E-state index is 12.3. The molecule has 3 rings (SSSR count). The van der Waals surface area contributed by atoms with Crippen LogP contribution in [0.3, 0.4) is 0 Å². The van der Waals surface area contributed by atoms with Crippen LogP contribution in [0.1, 0.15) is 23.7 Å². The lowest BCUT2D eigenvalue weighted by molar-refractivity contribution is -0.115. The number of nitrogens with zero attached hydrogens (tertiary/aromatic N) is 2. The van der Waals surface area contributed by atoms with Gasteiger partial charge in [-0.05, 0) is 37.6 Å². The van der Waals surface area contributed by atoms with Gasteiger partial charge in [0.15, 0.2) is 5.13 Å². The summed E-state index contributed by atoms with van der Waals surface area (Å²) in [5, 5.41) is 3.44. The molecule has 3 nitrogen and oxygen atoms in total. The number of aromatic nitrogens is 1. The van der Waals surface area contributed by atoms with E-state index in [0.29, 0.717) is 10.9 Å². The van der Waals surface area contributed by atoms with Gasteiger partial charge in [-0.15, -0.1) is 23.1 Å². The second-order valence-electron chi connectivity index (χ2n) is 5.98. The SMILES string of the molecule is CC(=O)N(c1nc(CSc2ccccc2Cl)cs1)c1ccc(C)cc1C. The molecule has 0 saturated carbocycles. The maximum atomic E-state index is 12.3. The van der Waals surface area contributed by atoms with Gasteiger partial charge in [-0.3, -0.25) is 9.69 Å². The molecule has 1 amide bonds. The molecule has 2 aromatic carbocycles. The minimum atomic E-state index is -0.0448. The first-order valence-corrected chi connectivity index (χ1v) is 10.4. The van der Waals surface area contributed by atoms with Gasteiger partial charge in [0.25, 0.3) is 0 Å². The van der Waals surface area contributed by atoms with Crippen molar-refractivity contribution in [1.29, 1.82) is 0 Å². The van der Waals surface area contributed by atoms with E-state index in [-0.39, 0.29) is 5.91 Å². The highest BCUT2D eigenvalue weighted by atomic mass is 35.5. The molecule has 0 bridgehead atoms. The number of carbonyl (C=O) groups excluding carboxylic acids is 1. The summed E-state index contributed by atoms with van der Waals surface area (Å²) < 4.78 is 0. The number of halogens is 1. The van der Waals surface area contributed by atoms with Gasteiger partial charge >= 0.3 is 0 Å². The second-order valence-corrected chi connectivity index (χ2v) is 8.25. The average molecular weight is 403 g/mol. The van der Waals surface area contributed by atoms with Crippen molar-refractivity contribution < 1.29 is 4.79 Å². The van der Waals surface area contributed by atoms with E-state index in [1.165, 1.54) is 16.9 Å². The number of benzene rings is 2. The van der Waals surface area contributed by atoms with Crippen molar-refractivity contribution in [1.82, 2.24) is 4.98 Å². The third kappa shape index (κ3) is 4.29. The van der Waals surface area contributed by atoms with Gasteiger partial charge in [-0.2, -0.15) is 0 Å². The van der Waals surface area contributed by atoms with Crippen molar-refractivity contribution in [2.45, 2.75) is 31.4 Å². The zero-order chi connectivity index (χ0) is 18.7. The topological polar surface area (TPSA) is 33.2 Å². The van der Waals surface area contributed by atoms with E-state index in [9.17, 15) is 4.79 Å². The number of carbonyl (C=O) groups is 1. The first-order chi connectivity index (χ1) is 12.5. The largest absolute Gasteiger partial charge is 0.274 e. The molecule has 0 fully saturated rings. The quantitative estimate of drug-likeness (QED) is 0.463. The van der Waals surface area contributed by atoms with Crippen LogP contribution in [0.25, 0.3) is 0 Å². The van der Waals surface area contributed by atoms with E-state index >= 15 is 0 Å². The van der Waals surface area contributed by atoms with Crippen LogP contribution in [0.5, 0.6) is 0 Å². The van der Waals surface area contributed by atoms with Crippen LogP contribution in [0.2, 0.25) is 5.02 Å². The molecular formula is C20H19ClN2OS2. The molecule has 3 aromatic rings. The molecular weight excluding hydrogens is 384 g/mol. The lowest BCUT2D eigenvalue weighted by Crippen LogP contribution is -2.23. The Morgan fingerprint density at radius 1 is 1.23 bits per heavy atom. The normalized spacial score (nSPS) is 10.8.